The maximum Gasteiger partial charge on any atom is 0.412 e. The Hall–Kier alpha value is -4.40. The molecule has 0 spiro atoms. The molecule has 4 aliphatic heterocycles. The van der Waals surface area contributed by atoms with Gasteiger partial charge in [0, 0.05) is 18.2 Å². The zero-order valence-corrected chi connectivity index (χ0v) is 35.3. The zero-order chi connectivity index (χ0) is 43.6. The second-order valence-corrected chi connectivity index (χ2v) is 20.5. The van der Waals surface area contributed by atoms with Crippen molar-refractivity contribution in [2.45, 2.75) is 88.1 Å². The lowest BCUT2D eigenvalue weighted by Gasteiger charge is -2.28. The first-order valence-corrected chi connectivity index (χ1v) is 23.4. The van der Waals surface area contributed by atoms with Crippen LogP contribution < -0.4 is 11.1 Å². The van der Waals surface area contributed by atoms with Crippen molar-refractivity contribution in [1.29, 1.82) is 0 Å². The van der Waals surface area contributed by atoms with E-state index in [1.165, 1.54) is 10.9 Å². The standard InChI is InChI=1S/C31H36F3N11O12P2S2/c1-31(2,3)55-30(47)43-5-13(32)4-14(43)6-50-29(46)42-24-20-26(39-10-37-24)45(12-41-20)28-18(34)22-16(54-28)8-52-58(48,60)56-21-15(7-51-59(49,61)57-22)53-27(17(21)33)44-11-40-19-23(35)36-9-38-25(19)44/h8-15,17-18,21-22,27-28H,4-7H2,1-3H3,(H,48,60)(H,49,61)(H2,35,36,38)(H,37,39,42,46)/b16-8-/t13-,14-,15+,17+,18+,21+,22+,27+,28+,58?,59?/m0/s1. The number of ether oxygens (including phenoxy) is 4. The van der Waals surface area contributed by atoms with Crippen molar-refractivity contribution in [2.75, 3.05) is 30.8 Å². The number of anilines is 2. The van der Waals surface area contributed by atoms with Crippen LogP contribution in [0.3, 0.4) is 0 Å². The van der Waals surface area contributed by atoms with Gasteiger partial charge < -0.3 is 34.1 Å². The quantitative estimate of drug-likeness (QED) is 0.162. The third-order valence-corrected chi connectivity index (χ3v) is 12.5. The van der Waals surface area contributed by atoms with Crippen molar-refractivity contribution in [1.82, 2.24) is 43.9 Å². The highest BCUT2D eigenvalue weighted by atomic mass is 32.7. The Kier molecular flexibility index (Phi) is 11.6. The number of amides is 2. The summed E-state index contributed by atoms with van der Waals surface area (Å²) in [6, 6.07) is -0.809. The molecule has 3 fully saturated rings. The van der Waals surface area contributed by atoms with Crippen LogP contribution in [0, 0.1) is 0 Å². The number of alkyl halides is 3. The number of nitrogens with one attached hydrogen (secondary N) is 1. The summed E-state index contributed by atoms with van der Waals surface area (Å²) in [6.07, 6.45) is -10.7. The van der Waals surface area contributed by atoms with E-state index >= 15 is 8.78 Å². The molecule has 0 aliphatic carbocycles. The van der Waals surface area contributed by atoms with Crippen LogP contribution >= 0.6 is 25.8 Å². The lowest BCUT2D eigenvalue weighted by atomic mass is 10.1. The summed E-state index contributed by atoms with van der Waals surface area (Å²) >= 11 is 9.17. The van der Waals surface area contributed by atoms with Gasteiger partial charge in [0.25, 0.3) is 0 Å². The van der Waals surface area contributed by atoms with E-state index in [2.05, 4.69) is 47.5 Å². The molecule has 0 radical (unpaired) electrons. The number of halogens is 3. The van der Waals surface area contributed by atoms with Crippen LogP contribution in [0.1, 0.15) is 39.6 Å². The average molecular weight is 938 g/mol. The van der Waals surface area contributed by atoms with Gasteiger partial charge >= 0.3 is 25.7 Å². The molecule has 0 bridgehead atoms. The molecule has 0 saturated carbocycles. The summed E-state index contributed by atoms with van der Waals surface area (Å²) in [6.45, 7) is -5.37. The van der Waals surface area contributed by atoms with Crippen LogP contribution in [0.4, 0.5) is 34.4 Å². The van der Waals surface area contributed by atoms with Crippen molar-refractivity contribution < 1.29 is 69.3 Å². The number of nitrogens with zero attached hydrogens (tertiary/aromatic N) is 9. The van der Waals surface area contributed by atoms with E-state index in [0.717, 1.165) is 28.4 Å². The van der Waals surface area contributed by atoms with Crippen LogP contribution in [-0.4, -0.2) is 129 Å². The third kappa shape index (κ3) is 8.95. The van der Waals surface area contributed by atoms with Crippen LogP contribution in [0.2, 0.25) is 0 Å². The number of fused-ring (bicyclic) bond motifs is 4. The molecule has 2 amide bonds. The van der Waals surface area contributed by atoms with Crippen molar-refractivity contribution in [3.63, 3.8) is 0 Å². The maximum atomic E-state index is 16.5. The monoisotopic (exact) mass is 937 g/mol. The van der Waals surface area contributed by atoms with Gasteiger partial charge in [-0.05, 0) is 20.8 Å². The Morgan fingerprint density at radius 2 is 1.72 bits per heavy atom. The number of likely N-dealkylation sites (tertiary alicyclic amines) is 1. The van der Waals surface area contributed by atoms with E-state index in [4.69, 9.17) is 54.6 Å². The fourth-order valence-electron chi connectivity index (χ4n) is 6.86. The Balaban J connectivity index is 0.979. The molecular formula is C31H36F3N11O12P2S2. The predicted molar refractivity (Wildman–Crippen MR) is 208 cm³/mol. The van der Waals surface area contributed by atoms with Crippen LogP contribution in [-0.2, 0) is 53.4 Å². The Morgan fingerprint density at radius 3 is 2.46 bits per heavy atom. The third-order valence-electron chi connectivity index (χ3n) is 9.48. The van der Waals surface area contributed by atoms with Crippen LogP contribution in [0.5, 0.6) is 0 Å². The summed E-state index contributed by atoms with van der Waals surface area (Å²) in [4.78, 5) is 62.1. The summed E-state index contributed by atoms with van der Waals surface area (Å²) in [5.74, 6) is -0.679. The van der Waals surface area contributed by atoms with Gasteiger partial charge in [0.1, 0.15) is 61.3 Å². The molecule has 4 aromatic rings. The van der Waals surface area contributed by atoms with Crippen LogP contribution in [0.15, 0.2) is 37.3 Å². The highest BCUT2D eigenvalue weighted by Crippen LogP contribution is 2.59. The maximum absolute atomic E-state index is 16.5. The molecule has 61 heavy (non-hydrogen) atoms. The van der Waals surface area contributed by atoms with Gasteiger partial charge in [0.05, 0.1) is 25.5 Å². The van der Waals surface area contributed by atoms with Crippen molar-refractivity contribution in [2.24, 2.45) is 0 Å². The molecule has 4 aliphatic rings. The number of aromatic nitrogens is 8. The zero-order valence-electron chi connectivity index (χ0n) is 31.8. The molecule has 8 heterocycles. The number of carbonyl (C=O) groups excluding carboxylic acids is 2. The Labute approximate surface area is 352 Å². The summed E-state index contributed by atoms with van der Waals surface area (Å²) < 4.78 is 107. The highest BCUT2D eigenvalue weighted by Gasteiger charge is 2.53. The number of carbonyl (C=O) groups is 2. The van der Waals surface area contributed by atoms with E-state index in [1.807, 2.05) is 0 Å². The number of thiol groups is 1. The molecule has 23 nitrogen and oxygen atoms in total. The SMILES string of the molecule is CC(C)(C)OC(=O)N1C[C@@H](F)C[C@H]1COC(=O)Nc1ncnc2c1ncn2[C@@H]1O/C2=C\OP(O)(=S)O[C@H]3[C@@H](F)[C@H](n4cnc5c(N)ncnc54)O[C@@H]3COP(=O)(S)O[C@H]2[C@H]1F. The van der Waals surface area contributed by atoms with Gasteiger partial charge in [-0.15, -0.1) is 0 Å². The molecule has 11 atom stereocenters. The normalized spacial score (nSPS) is 34.0. The first-order valence-electron chi connectivity index (χ1n) is 18.1. The Bertz CT molecular complexity index is 2480. The lowest BCUT2D eigenvalue weighted by Crippen LogP contribution is -2.42. The number of hydrogen-bond donors (Lipinski definition) is 4. The van der Waals surface area contributed by atoms with Gasteiger partial charge in [0.2, 0.25) is 6.23 Å². The van der Waals surface area contributed by atoms with E-state index < -0.39 is 99.0 Å². The lowest BCUT2D eigenvalue weighted by molar-refractivity contribution is -0.0424. The van der Waals surface area contributed by atoms with Gasteiger partial charge in [-0.25, -0.2) is 57.2 Å². The summed E-state index contributed by atoms with van der Waals surface area (Å²) in [5, 5.41) is 2.40. The first-order chi connectivity index (χ1) is 28.8. The molecule has 330 valence electrons. The highest BCUT2D eigenvalue weighted by molar-refractivity contribution is 8.44. The fourth-order valence-corrected chi connectivity index (χ4v) is 9.54. The number of nitrogens with two attached hydrogens (primary N) is 1. The van der Waals surface area contributed by atoms with Crippen molar-refractivity contribution in [3.05, 3.63) is 37.3 Å². The minimum atomic E-state index is -4.56. The molecule has 4 N–H and O–H groups in total. The summed E-state index contributed by atoms with van der Waals surface area (Å²) in [5.41, 5.74) is 5.13. The van der Waals surface area contributed by atoms with Gasteiger partial charge in [-0.1, -0.05) is 12.2 Å². The largest absolute Gasteiger partial charge is 0.465 e. The number of imidazole rings is 2. The minimum absolute atomic E-state index is 0.0182. The number of nitrogen functional groups attached to an aromatic ring is 1. The first kappa shape index (κ1) is 43.3. The summed E-state index contributed by atoms with van der Waals surface area (Å²) in [7, 11) is 0. The number of hydrogen-bond acceptors (Lipinski definition) is 19. The van der Waals surface area contributed by atoms with Gasteiger partial charge in [0.15, 0.2) is 58.9 Å². The molecule has 0 aromatic carbocycles. The van der Waals surface area contributed by atoms with Gasteiger partial charge in [-0.2, -0.15) is 0 Å². The molecule has 30 heteroatoms. The Morgan fingerprint density at radius 1 is 1.03 bits per heavy atom. The van der Waals surface area contributed by atoms with E-state index in [9.17, 15) is 23.4 Å². The molecule has 8 rings (SSSR count). The van der Waals surface area contributed by atoms with Gasteiger partial charge in [-0.3, -0.25) is 32.9 Å². The molecular weight excluding hydrogens is 901 g/mol. The van der Waals surface area contributed by atoms with Crippen LogP contribution in [0.25, 0.3) is 22.3 Å². The molecule has 3 saturated heterocycles. The predicted octanol–water partition coefficient (Wildman–Crippen LogP) is 4.16. The second-order valence-electron chi connectivity index (χ2n) is 14.9. The second kappa shape index (κ2) is 16.4. The molecule has 2 unspecified atom stereocenters. The van der Waals surface area contributed by atoms with E-state index in [1.54, 1.807) is 20.8 Å². The van der Waals surface area contributed by atoms with E-state index in [-0.39, 0.29) is 53.5 Å². The van der Waals surface area contributed by atoms with Crippen molar-refractivity contribution in [3.8, 4) is 0 Å². The molecule has 4 aromatic heterocycles. The fraction of sp³-hybridized carbons (Fsp3) is 0.548. The smallest absolute Gasteiger partial charge is 0.412 e. The minimum Gasteiger partial charge on any atom is -0.465 e. The topological polar surface area (TPSA) is 274 Å². The van der Waals surface area contributed by atoms with Crippen molar-refractivity contribution >= 4 is 83.7 Å². The van der Waals surface area contributed by atoms with E-state index in [0.29, 0.717) is 6.26 Å². The number of rotatable bonds is 5. The average Bonchev–Trinajstić information content (AvgIpc) is 4.00.